The highest BCUT2D eigenvalue weighted by atomic mass is 32.2. The first-order valence-electron chi connectivity index (χ1n) is 11.0. The molecule has 3 amide bonds. The number of benzene rings is 1. The van der Waals surface area contributed by atoms with Crippen molar-refractivity contribution < 1.29 is 35.9 Å². The third-order valence-corrected chi connectivity index (χ3v) is 8.79. The van der Waals surface area contributed by atoms with Gasteiger partial charge in [-0.15, -0.1) is 0 Å². The Kier molecular flexibility index (Phi) is 5.28. The van der Waals surface area contributed by atoms with Crippen molar-refractivity contribution in [1.82, 2.24) is 20.0 Å². The smallest absolute Gasteiger partial charge is 0.447 e. The van der Waals surface area contributed by atoms with Gasteiger partial charge in [0, 0.05) is 25.0 Å². The molecule has 1 aromatic carbocycles. The number of cyclic esters (lactones) is 1. The number of nitrogens with zero attached hydrogens (tertiary/aromatic N) is 3. The number of nitrogens with one attached hydrogen (secondary N) is 1. The van der Waals surface area contributed by atoms with Gasteiger partial charge in [0.05, 0.1) is 18.0 Å². The van der Waals surface area contributed by atoms with E-state index in [-0.39, 0.29) is 18.1 Å². The summed E-state index contributed by atoms with van der Waals surface area (Å²) in [6, 6.07) is 4.83. The molecule has 4 saturated heterocycles. The summed E-state index contributed by atoms with van der Waals surface area (Å²) >= 11 is 0. The molecular weight excluding hydrogens is 477 g/mol. The summed E-state index contributed by atoms with van der Waals surface area (Å²) in [6.07, 6.45) is 1.38. The topological polar surface area (TPSA) is 99.3 Å². The lowest BCUT2D eigenvalue weighted by Crippen LogP contribution is -2.73. The maximum atomic E-state index is 12.7. The zero-order valence-electron chi connectivity index (χ0n) is 18.3. The number of piperidine rings is 1. The molecule has 186 valence electrons. The highest BCUT2D eigenvalue weighted by molar-refractivity contribution is 7.92. The van der Waals surface area contributed by atoms with Gasteiger partial charge in [0.15, 0.2) is 0 Å². The lowest BCUT2D eigenvalue weighted by Gasteiger charge is -2.56. The second kappa shape index (κ2) is 7.74. The van der Waals surface area contributed by atoms with E-state index in [1.54, 1.807) is 4.90 Å². The number of amides is 3. The van der Waals surface area contributed by atoms with Gasteiger partial charge in [-0.1, -0.05) is 12.1 Å². The van der Waals surface area contributed by atoms with Crippen LogP contribution in [-0.2, 0) is 21.1 Å². The fourth-order valence-electron chi connectivity index (χ4n) is 5.25. The van der Waals surface area contributed by atoms with Gasteiger partial charge in [0.2, 0.25) is 0 Å². The first-order chi connectivity index (χ1) is 15.9. The molecule has 2 spiro atoms. The van der Waals surface area contributed by atoms with Crippen LogP contribution in [0.3, 0.4) is 0 Å². The van der Waals surface area contributed by atoms with Crippen molar-refractivity contribution in [2.24, 2.45) is 5.41 Å². The first-order valence-corrected chi connectivity index (χ1v) is 12.5. The number of alkyl carbamates (subject to hydrolysis) is 1. The summed E-state index contributed by atoms with van der Waals surface area (Å²) in [5.74, 6) is 0. The van der Waals surface area contributed by atoms with Gasteiger partial charge in [-0.3, -0.25) is 4.90 Å². The minimum Gasteiger partial charge on any atom is -0.447 e. The molecular formula is C21H25F3N4O5S. The van der Waals surface area contributed by atoms with Crippen LogP contribution in [-0.4, -0.2) is 92.2 Å². The van der Waals surface area contributed by atoms with Crippen molar-refractivity contribution in [2.75, 3.05) is 45.9 Å². The maximum absolute atomic E-state index is 12.7. The summed E-state index contributed by atoms with van der Waals surface area (Å²) in [5.41, 5.74) is -4.91. The van der Waals surface area contributed by atoms with Crippen LogP contribution in [0, 0.1) is 5.41 Å². The number of carbonyl (C=O) groups is 2. The lowest BCUT2D eigenvalue weighted by atomic mass is 9.72. The minimum atomic E-state index is -5.34. The Hall–Kier alpha value is -2.54. The molecule has 0 aromatic heterocycles. The standard InChI is InChI=1S/C21H25F3N4O5S/c22-21(23,24)34(31,32)16-3-1-15(2-4-16)9-26-7-5-19(6-8-26)10-27(11-19)18(30)28-12-20(13-28)14-33-17(29)25-20/h1-4H,5-14H2,(H,25,29). The third-order valence-electron chi connectivity index (χ3n) is 7.29. The Morgan fingerprint density at radius 1 is 1.03 bits per heavy atom. The van der Waals surface area contributed by atoms with E-state index >= 15 is 0 Å². The molecule has 4 aliphatic rings. The van der Waals surface area contributed by atoms with Crippen molar-refractivity contribution >= 4 is 22.0 Å². The van der Waals surface area contributed by atoms with E-state index in [2.05, 4.69) is 10.2 Å². The molecule has 0 unspecified atom stereocenters. The molecule has 4 fully saturated rings. The number of hydrogen-bond acceptors (Lipinski definition) is 6. The molecule has 0 saturated carbocycles. The van der Waals surface area contributed by atoms with E-state index in [9.17, 15) is 31.2 Å². The molecule has 0 bridgehead atoms. The zero-order valence-corrected chi connectivity index (χ0v) is 19.1. The molecule has 0 radical (unpaired) electrons. The number of carbonyl (C=O) groups excluding carboxylic acids is 2. The molecule has 1 N–H and O–H groups in total. The van der Waals surface area contributed by atoms with E-state index in [4.69, 9.17) is 4.74 Å². The van der Waals surface area contributed by atoms with Crippen LogP contribution >= 0.6 is 0 Å². The van der Waals surface area contributed by atoms with Gasteiger partial charge in [0.25, 0.3) is 9.84 Å². The summed E-state index contributed by atoms with van der Waals surface area (Å²) in [4.78, 5) is 28.9. The fraction of sp³-hybridized carbons (Fsp3) is 0.619. The van der Waals surface area contributed by atoms with Crippen LogP contribution in [0.25, 0.3) is 0 Å². The number of alkyl halides is 3. The van der Waals surface area contributed by atoms with Gasteiger partial charge in [-0.2, -0.15) is 13.2 Å². The molecule has 13 heteroatoms. The van der Waals surface area contributed by atoms with Gasteiger partial charge < -0.3 is 19.9 Å². The largest absolute Gasteiger partial charge is 0.501 e. The van der Waals surface area contributed by atoms with Crippen LogP contribution in [0.15, 0.2) is 29.2 Å². The molecule has 5 rings (SSSR count). The monoisotopic (exact) mass is 502 g/mol. The van der Waals surface area contributed by atoms with E-state index in [0.29, 0.717) is 32.7 Å². The van der Waals surface area contributed by atoms with E-state index < -0.39 is 31.9 Å². The van der Waals surface area contributed by atoms with Crippen molar-refractivity contribution in [3.05, 3.63) is 29.8 Å². The van der Waals surface area contributed by atoms with Gasteiger partial charge >= 0.3 is 17.6 Å². The molecule has 0 atom stereocenters. The van der Waals surface area contributed by atoms with E-state index in [1.165, 1.54) is 12.1 Å². The summed E-state index contributed by atoms with van der Waals surface area (Å²) in [5, 5.41) is 2.77. The quantitative estimate of drug-likeness (QED) is 0.677. The van der Waals surface area contributed by atoms with Crippen molar-refractivity contribution in [1.29, 1.82) is 0 Å². The number of ether oxygens (including phenoxy) is 1. The molecule has 0 aliphatic carbocycles. The fourth-order valence-corrected chi connectivity index (χ4v) is 6.01. The number of likely N-dealkylation sites (tertiary alicyclic amines) is 3. The minimum absolute atomic E-state index is 0.0197. The Labute approximate surface area is 194 Å². The Balaban J connectivity index is 1.08. The number of urea groups is 1. The van der Waals surface area contributed by atoms with E-state index in [0.717, 1.165) is 43.6 Å². The molecule has 34 heavy (non-hydrogen) atoms. The van der Waals surface area contributed by atoms with Crippen molar-refractivity contribution in [2.45, 2.75) is 35.3 Å². The number of halogens is 3. The predicted octanol–water partition coefficient (Wildman–Crippen LogP) is 1.79. The SMILES string of the molecule is O=C1NC2(CO1)CN(C(=O)N1CC3(CCN(Cc4ccc(S(=O)(=O)C(F)(F)F)cc4)CC3)C1)C2. The van der Waals surface area contributed by atoms with Crippen LogP contribution in [0.5, 0.6) is 0 Å². The van der Waals surface area contributed by atoms with Crippen LogP contribution in [0.2, 0.25) is 0 Å². The van der Waals surface area contributed by atoms with Crippen LogP contribution < -0.4 is 5.32 Å². The summed E-state index contributed by atoms with van der Waals surface area (Å²) < 4.78 is 66.0. The molecule has 9 nitrogen and oxygen atoms in total. The summed E-state index contributed by atoms with van der Waals surface area (Å²) in [6.45, 7) is 4.69. The lowest BCUT2D eigenvalue weighted by molar-refractivity contribution is -0.0436. The van der Waals surface area contributed by atoms with Gasteiger partial charge in [0.1, 0.15) is 12.1 Å². The zero-order chi connectivity index (χ0) is 24.4. The van der Waals surface area contributed by atoms with E-state index in [1.807, 2.05) is 4.90 Å². The number of rotatable bonds is 3. The number of sulfone groups is 1. The average molecular weight is 503 g/mol. The van der Waals surface area contributed by atoms with Crippen molar-refractivity contribution in [3.63, 3.8) is 0 Å². The predicted molar refractivity (Wildman–Crippen MR) is 112 cm³/mol. The average Bonchev–Trinajstić information content (AvgIpc) is 3.13. The molecule has 4 heterocycles. The highest BCUT2D eigenvalue weighted by Crippen LogP contribution is 2.42. The molecule has 1 aromatic rings. The second-order valence-corrected chi connectivity index (χ2v) is 11.8. The highest BCUT2D eigenvalue weighted by Gasteiger charge is 2.54. The van der Waals surface area contributed by atoms with Gasteiger partial charge in [-0.25, -0.2) is 18.0 Å². The Morgan fingerprint density at radius 3 is 2.15 bits per heavy atom. The second-order valence-electron chi connectivity index (χ2n) is 9.85. The third kappa shape index (κ3) is 3.98. The number of hydrogen-bond donors (Lipinski definition) is 1. The van der Waals surface area contributed by atoms with Crippen LogP contribution in [0.1, 0.15) is 18.4 Å². The Morgan fingerprint density at radius 2 is 1.62 bits per heavy atom. The molecule has 4 aliphatic heterocycles. The van der Waals surface area contributed by atoms with Gasteiger partial charge in [-0.05, 0) is 43.6 Å². The first kappa shape index (κ1) is 23.2. The van der Waals surface area contributed by atoms with Crippen molar-refractivity contribution in [3.8, 4) is 0 Å². The van der Waals surface area contributed by atoms with Crippen LogP contribution in [0.4, 0.5) is 22.8 Å². The summed E-state index contributed by atoms with van der Waals surface area (Å²) in [7, 11) is -5.34. The normalized spacial score (nSPS) is 23.9. The Bertz CT molecular complexity index is 1090. The maximum Gasteiger partial charge on any atom is 0.501 e.